The first-order valence-electron chi connectivity index (χ1n) is 3.69. The number of terminal acetylenes is 1. The van der Waals surface area contributed by atoms with Crippen LogP contribution in [-0.4, -0.2) is 19.8 Å². The van der Waals surface area contributed by atoms with Crippen molar-refractivity contribution in [2.24, 2.45) is 0 Å². The Morgan fingerprint density at radius 2 is 1.86 bits per heavy atom. The van der Waals surface area contributed by atoms with Crippen molar-refractivity contribution in [1.82, 2.24) is 4.31 Å². The Bertz CT molecular complexity index is 459. The maximum atomic E-state index is 12.5. The SMILES string of the molecule is C#CN(C)S(=O)(=O)c1ccc(F)cc1. The lowest BCUT2D eigenvalue weighted by atomic mass is 10.4. The van der Waals surface area contributed by atoms with Gasteiger partial charge in [-0.25, -0.2) is 17.1 Å². The van der Waals surface area contributed by atoms with Crippen LogP contribution in [-0.2, 0) is 10.0 Å². The molecule has 1 rings (SSSR count). The molecule has 0 bridgehead atoms. The van der Waals surface area contributed by atoms with Crippen LogP contribution in [0.25, 0.3) is 0 Å². The summed E-state index contributed by atoms with van der Waals surface area (Å²) in [6.45, 7) is 0. The Morgan fingerprint density at radius 1 is 1.36 bits per heavy atom. The molecule has 0 heterocycles. The molecule has 1 aromatic rings. The van der Waals surface area contributed by atoms with Gasteiger partial charge in [0.1, 0.15) is 5.82 Å². The molecule has 0 aliphatic rings. The van der Waals surface area contributed by atoms with Gasteiger partial charge in [0, 0.05) is 13.1 Å². The number of benzene rings is 1. The molecule has 0 spiro atoms. The Labute approximate surface area is 82.2 Å². The van der Waals surface area contributed by atoms with E-state index in [2.05, 4.69) is 0 Å². The third kappa shape index (κ3) is 1.86. The van der Waals surface area contributed by atoms with Crippen molar-refractivity contribution in [3.63, 3.8) is 0 Å². The Kier molecular flexibility index (Phi) is 2.77. The zero-order chi connectivity index (χ0) is 10.8. The molecule has 0 atom stereocenters. The van der Waals surface area contributed by atoms with Gasteiger partial charge in [0.25, 0.3) is 10.0 Å². The van der Waals surface area contributed by atoms with Crippen LogP contribution in [0.2, 0.25) is 0 Å². The van der Waals surface area contributed by atoms with Crippen molar-refractivity contribution in [1.29, 1.82) is 0 Å². The molecule has 0 saturated carbocycles. The van der Waals surface area contributed by atoms with Crippen molar-refractivity contribution in [3.8, 4) is 12.5 Å². The zero-order valence-corrected chi connectivity index (χ0v) is 8.25. The van der Waals surface area contributed by atoms with E-state index < -0.39 is 15.8 Å². The van der Waals surface area contributed by atoms with Gasteiger partial charge >= 0.3 is 0 Å². The highest BCUT2D eigenvalue weighted by Crippen LogP contribution is 2.13. The smallest absolute Gasteiger partial charge is 0.228 e. The average molecular weight is 213 g/mol. The van der Waals surface area contributed by atoms with Crippen LogP contribution >= 0.6 is 0 Å². The lowest BCUT2D eigenvalue weighted by molar-refractivity contribution is 0.546. The first-order chi connectivity index (χ1) is 6.48. The number of rotatable bonds is 2. The molecule has 0 unspecified atom stereocenters. The molecular formula is C9H8FNO2S. The van der Waals surface area contributed by atoms with Crippen LogP contribution in [0.4, 0.5) is 4.39 Å². The van der Waals surface area contributed by atoms with Gasteiger partial charge in [-0.15, -0.1) is 0 Å². The monoisotopic (exact) mass is 213 g/mol. The molecule has 3 nitrogen and oxygen atoms in total. The molecule has 0 N–H and O–H groups in total. The van der Waals surface area contributed by atoms with Crippen LogP contribution in [0.1, 0.15) is 0 Å². The van der Waals surface area contributed by atoms with Crippen LogP contribution in [0.3, 0.4) is 0 Å². The van der Waals surface area contributed by atoms with Gasteiger partial charge in [-0.1, -0.05) is 6.42 Å². The highest BCUT2D eigenvalue weighted by molar-refractivity contribution is 7.89. The third-order valence-electron chi connectivity index (χ3n) is 1.65. The number of nitrogens with zero attached hydrogens (tertiary/aromatic N) is 1. The minimum Gasteiger partial charge on any atom is -0.228 e. The fourth-order valence-electron chi connectivity index (χ4n) is 0.834. The Balaban J connectivity index is 3.19. The predicted molar refractivity (Wildman–Crippen MR) is 50.2 cm³/mol. The lowest BCUT2D eigenvalue weighted by Gasteiger charge is -2.11. The van der Waals surface area contributed by atoms with Crippen LogP contribution in [0.5, 0.6) is 0 Å². The molecule has 0 saturated heterocycles. The molecule has 74 valence electrons. The van der Waals surface area contributed by atoms with Crippen LogP contribution < -0.4 is 0 Å². The van der Waals surface area contributed by atoms with E-state index in [0.29, 0.717) is 0 Å². The van der Waals surface area contributed by atoms with Gasteiger partial charge in [-0.3, -0.25) is 0 Å². The van der Waals surface area contributed by atoms with Gasteiger partial charge in [-0.2, -0.15) is 0 Å². The molecule has 1 aromatic carbocycles. The first kappa shape index (κ1) is 10.5. The number of hydrogen-bond donors (Lipinski definition) is 0. The predicted octanol–water partition coefficient (Wildman–Crippen LogP) is 1.04. The standard InChI is InChI=1S/C9H8FNO2S/c1-3-11(2)14(12,13)9-6-4-8(10)5-7-9/h1,4-7H,2H3. The number of hydrogen-bond acceptors (Lipinski definition) is 2. The number of sulfonamides is 1. The Hall–Kier alpha value is -1.54. The molecule has 0 fully saturated rings. The number of halogens is 1. The van der Waals surface area contributed by atoms with E-state index in [-0.39, 0.29) is 4.90 Å². The third-order valence-corrected chi connectivity index (χ3v) is 3.35. The quantitative estimate of drug-likeness (QED) is 0.543. The van der Waals surface area contributed by atoms with E-state index in [1.165, 1.54) is 19.2 Å². The maximum absolute atomic E-state index is 12.5. The van der Waals surface area contributed by atoms with Crippen molar-refractivity contribution in [2.45, 2.75) is 4.90 Å². The van der Waals surface area contributed by atoms with Gasteiger partial charge < -0.3 is 0 Å². The highest BCUT2D eigenvalue weighted by atomic mass is 32.2. The fraction of sp³-hybridized carbons (Fsp3) is 0.111. The molecule has 0 aliphatic heterocycles. The van der Waals surface area contributed by atoms with Crippen molar-refractivity contribution < 1.29 is 12.8 Å². The Morgan fingerprint density at radius 3 is 2.29 bits per heavy atom. The molecule has 0 aliphatic carbocycles. The minimum absolute atomic E-state index is 0.0284. The van der Waals surface area contributed by atoms with Crippen molar-refractivity contribution >= 4 is 10.0 Å². The lowest BCUT2D eigenvalue weighted by Crippen LogP contribution is -2.21. The van der Waals surface area contributed by atoms with Crippen LogP contribution in [0.15, 0.2) is 29.2 Å². The summed E-state index contributed by atoms with van der Waals surface area (Å²) in [4.78, 5) is -0.0284. The first-order valence-corrected chi connectivity index (χ1v) is 5.13. The molecule has 0 aromatic heterocycles. The molecule has 0 radical (unpaired) electrons. The molecule has 5 heteroatoms. The average Bonchev–Trinajstić information content (AvgIpc) is 2.17. The highest BCUT2D eigenvalue weighted by Gasteiger charge is 2.17. The van der Waals surface area contributed by atoms with Crippen molar-refractivity contribution in [3.05, 3.63) is 30.1 Å². The summed E-state index contributed by atoms with van der Waals surface area (Å²) in [5.74, 6) is -0.493. The molecule has 0 amide bonds. The second-order valence-corrected chi connectivity index (χ2v) is 4.52. The van der Waals surface area contributed by atoms with Gasteiger partial charge in [-0.05, 0) is 24.3 Å². The van der Waals surface area contributed by atoms with Gasteiger partial charge in [0.15, 0.2) is 0 Å². The van der Waals surface area contributed by atoms with Crippen LogP contribution in [0, 0.1) is 18.3 Å². The summed E-state index contributed by atoms with van der Waals surface area (Å²) in [7, 11) is -2.43. The van der Waals surface area contributed by atoms with E-state index in [0.717, 1.165) is 16.4 Å². The minimum atomic E-state index is -3.68. The van der Waals surface area contributed by atoms with Gasteiger partial charge in [0.05, 0.1) is 4.90 Å². The maximum Gasteiger partial charge on any atom is 0.270 e. The molecular weight excluding hydrogens is 205 g/mol. The second-order valence-electron chi connectivity index (χ2n) is 2.56. The second kappa shape index (κ2) is 3.68. The van der Waals surface area contributed by atoms with E-state index in [1.807, 2.05) is 6.04 Å². The van der Waals surface area contributed by atoms with E-state index in [1.54, 1.807) is 0 Å². The summed E-state index contributed by atoms with van der Waals surface area (Å²) in [6, 6.07) is 6.43. The van der Waals surface area contributed by atoms with E-state index in [9.17, 15) is 12.8 Å². The molecule has 14 heavy (non-hydrogen) atoms. The summed E-state index contributed by atoms with van der Waals surface area (Å²) in [5, 5.41) is 0. The largest absolute Gasteiger partial charge is 0.270 e. The summed E-state index contributed by atoms with van der Waals surface area (Å²) < 4.78 is 36.3. The fourth-order valence-corrected chi connectivity index (χ4v) is 1.77. The summed E-state index contributed by atoms with van der Waals surface area (Å²) >= 11 is 0. The summed E-state index contributed by atoms with van der Waals surface area (Å²) in [5.41, 5.74) is 0. The van der Waals surface area contributed by atoms with Crippen molar-refractivity contribution in [2.75, 3.05) is 7.05 Å². The zero-order valence-electron chi connectivity index (χ0n) is 7.44. The normalized spacial score (nSPS) is 10.6. The van der Waals surface area contributed by atoms with E-state index >= 15 is 0 Å². The topological polar surface area (TPSA) is 37.4 Å². The van der Waals surface area contributed by atoms with Gasteiger partial charge in [0.2, 0.25) is 0 Å². The summed E-state index contributed by atoms with van der Waals surface area (Å²) in [6.07, 6.45) is 4.95. The van der Waals surface area contributed by atoms with E-state index in [4.69, 9.17) is 6.42 Å².